The molecule has 1 fully saturated rings. The van der Waals surface area contributed by atoms with Gasteiger partial charge in [0.1, 0.15) is 6.61 Å². The van der Waals surface area contributed by atoms with Crippen LogP contribution < -0.4 is 9.47 Å². The predicted octanol–water partition coefficient (Wildman–Crippen LogP) is 2.62. The number of rotatable bonds is 6. The normalized spacial score (nSPS) is 19.4. The fourth-order valence-corrected chi connectivity index (χ4v) is 3.67. The molecule has 0 spiro atoms. The minimum atomic E-state index is -0.208. The molecule has 1 aromatic carbocycles. The molecule has 0 amide bonds. The summed E-state index contributed by atoms with van der Waals surface area (Å²) in [4.78, 5) is 11.9. The number of ether oxygens (including phenoxy) is 3. The van der Waals surface area contributed by atoms with Crippen LogP contribution in [-0.4, -0.2) is 38.3 Å². The van der Waals surface area contributed by atoms with Crippen LogP contribution >= 0.6 is 11.8 Å². The highest BCUT2D eigenvalue weighted by atomic mass is 32.2. The first kappa shape index (κ1) is 15.0. The lowest BCUT2D eigenvalue weighted by Crippen LogP contribution is -2.30. The van der Waals surface area contributed by atoms with E-state index in [4.69, 9.17) is 14.2 Å². The van der Waals surface area contributed by atoms with Gasteiger partial charge in [0.25, 0.3) is 0 Å². The third-order valence-electron chi connectivity index (χ3n) is 3.53. The van der Waals surface area contributed by atoms with E-state index in [1.165, 1.54) is 7.11 Å². The predicted molar refractivity (Wildman–Crippen MR) is 79.4 cm³/mol. The molecular weight excluding hydrogens is 276 g/mol. The Morgan fingerprint density at radius 2 is 2.10 bits per heavy atom. The van der Waals surface area contributed by atoms with Gasteiger partial charge >= 0.3 is 5.97 Å². The molecule has 0 aliphatic carbocycles. The molecule has 1 aliphatic heterocycles. The van der Waals surface area contributed by atoms with Crippen LogP contribution in [-0.2, 0) is 9.53 Å². The Bertz CT molecular complexity index is 443. The molecule has 1 aromatic rings. The average Bonchev–Trinajstić information content (AvgIpc) is 3.01. The molecule has 4 nitrogen and oxygen atoms in total. The molecule has 2 rings (SSSR count). The summed E-state index contributed by atoms with van der Waals surface area (Å²) in [6.07, 6.45) is 1.04. The number of para-hydroxylation sites is 2. The largest absolute Gasteiger partial charge is 0.493 e. The lowest BCUT2D eigenvalue weighted by molar-refractivity contribution is -0.148. The van der Waals surface area contributed by atoms with Crippen molar-refractivity contribution in [3.05, 3.63) is 24.3 Å². The number of methoxy groups -OCH3 is 2. The summed E-state index contributed by atoms with van der Waals surface area (Å²) in [5.41, 5.74) is 0. The third kappa shape index (κ3) is 3.60. The van der Waals surface area contributed by atoms with Gasteiger partial charge in [0.15, 0.2) is 11.5 Å². The van der Waals surface area contributed by atoms with E-state index in [0.717, 1.165) is 17.9 Å². The highest BCUT2D eigenvalue weighted by molar-refractivity contribution is 7.99. The first-order chi connectivity index (χ1) is 9.76. The van der Waals surface area contributed by atoms with Crippen LogP contribution in [0, 0.1) is 11.8 Å². The standard InChI is InChI=1S/C15H20O4S/c1-17-13-5-3-4-6-14(13)19-9-12(15(16)18-2)11-7-8-20-10-11/h3-6,11-12H,7-10H2,1-2H3. The van der Waals surface area contributed by atoms with Crippen LogP contribution in [0.4, 0.5) is 0 Å². The summed E-state index contributed by atoms with van der Waals surface area (Å²) >= 11 is 1.88. The maximum atomic E-state index is 11.9. The molecule has 0 bridgehead atoms. The molecule has 20 heavy (non-hydrogen) atoms. The molecular formula is C15H20O4S. The van der Waals surface area contributed by atoms with Gasteiger partial charge in [0.2, 0.25) is 0 Å². The Morgan fingerprint density at radius 3 is 2.70 bits per heavy atom. The molecule has 0 aromatic heterocycles. The van der Waals surface area contributed by atoms with E-state index in [1.807, 2.05) is 36.0 Å². The second-order valence-electron chi connectivity index (χ2n) is 4.72. The molecule has 1 heterocycles. The van der Waals surface area contributed by atoms with Gasteiger partial charge in [-0.2, -0.15) is 11.8 Å². The summed E-state index contributed by atoms with van der Waals surface area (Å²) in [7, 11) is 3.04. The Morgan fingerprint density at radius 1 is 1.35 bits per heavy atom. The van der Waals surface area contributed by atoms with Crippen molar-refractivity contribution < 1.29 is 19.0 Å². The molecule has 1 saturated heterocycles. The lowest BCUT2D eigenvalue weighted by Gasteiger charge is -2.21. The summed E-state index contributed by atoms with van der Waals surface area (Å²) < 4.78 is 15.9. The lowest BCUT2D eigenvalue weighted by atomic mass is 9.92. The van der Waals surface area contributed by atoms with Gasteiger partial charge in [-0.25, -0.2) is 0 Å². The number of hydrogen-bond acceptors (Lipinski definition) is 5. The fourth-order valence-electron chi connectivity index (χ4n) is 2.34. The Labute approximate surface area is 123 Å². The maximum Gasteiger partial charge on any atom is 0.312 e. The van der Waals surface area contributed by atoms with Crippen LogP contribution in [0.15, 0.2) is 24.3 Å². The van der Waals surface area contributed by atoms with Crippen molar-refractivity contribution in [2.45, 2.75) is 6.42 Å². The van der Waals surface area contributed by atoms with Crippen molar-refractivity contribution in [1.29, 1.82) is 0 Å². The second-order valence-corrected chi connectivity index (χ2v) is 5.87. The zero-order valence-electron chi connectivity index (χ0n) is 11.8. The molecule has 5 heteroatoms. The van der Waals surface area contributed by atoms with Gasteiger partial charge < -0.3 is 14.2 Å². The van der Waals surface area contributed by atoms with Crippen LogP contribution in [0.5, 0.6) is 11.5 Å². The second kappa shape index (κ2) is 7.43. The van der Waals surface area contributed by atoms with E-state index in [1.54, 1.807) is 7.11 Å². The summed E-state index contributed by atoms with van der Waals surface area (Å²) in [6.45, 7) is 0.332. The molecule has 2 unspecified atom stereocenters. The number of esters is 1. The van der Waals surface area contributed by atoms with Gasteiger partial charge in [-0.15, -0.1) is 0 Å². The van der Waals surface area contributed by atoms with E-state index in [2.05, 4.69) is 0 Å². The van der Waals surface area contributed by atoms with Crippen molar-refractivity contribution in [3.8, 4) is 11.5 Å². The van der Waals surface area contributed by atoms with Crippen molar-refractivity contribution in [3.63, 3.8) is 0 Å². The van der Waals surface area contributed by atoms with Crippen molar-refractivity contribution in [1.82, 2.24) is 0 Å². The zero-order valence-corrected chi connectivity index (χ0v) is 12.7. The van der Waals surface area contributed by atoms with E-state index in [9.17, 15) is 4.79 Å². The SMILES string of the molecule is COC(=O)C(COc1ccccc1OC)C1CCSC1. The van der Waals surface area contributed by atoms with Crippen LogP contribution in [0.2, 0.25) is 0 Å². The van der Waals surface area contributed by atoms with Crippen molar-refractivity contribution in [2.24, 2.45) is 11.8 Å². The number of hydrogen-bond donors (Lipinski definition) is 0. The quantitative estimate of drug-likeness (QED) is 0.755. The smallest absolute Gasteiger partial charge is 0.312 e. The molecule has 0 saturated carbocycles. The van der Waals surface area contributed by atoms with Crippen molar-refractivity contribution >= 4 is 17.7 Å². The molecule has 0 radical (unpaired) electrons. The number of carbonyl (C=O) groups is 1. The van der Waals surface area contributed by atoms with Crippen molar-refractivity contribution in [2.75, 3.05) is 32.3 Å². The van der Waals surface area contributed by atoms with Crippen LogP contribution in [0.3, 0.4) is 0 Å². The van der Waals surface area contributed by atoms with Crippen LogP contribution in [0.25, 0.3) is 0 Å². The topological polar surface area (TPSA) is 44.8 Å². The first-order valence-corrected chi connectivity index (χ1v) is 7.83. The van der Waals surface area contributed by atoms with E-state index in [0.29, 0.717) is 24.0 Å². The van der Waals surface area contributed by atoms with E-state index >= 15 is 0 Å². The minimum absolute atomic E-state index is 0.188. The Kier molecular flexibility index (Phi) is 5.59. The average molecular weight is 296 g/mol. The summed E-state index contributed by atoms with van der Waals surface area (Å²) in [6, 6.07) is 7.46. The molecule has 0 N–H and O–H groups in total. The van der Waals surface area contributed by atoms with Gasteiger partial charge in [-0.3, -0.25) is 4.79 Å². The van der Waals surface area contributed by atoms with Crippen LogP contribution in [0.1, 0.15) is 6.42 Å². The highest BCUT2D eigenvalue weighted by Gasteiger charge is 2.32. The fraction of sp³-hybridized carbons (Fsp3) is 0.533. The van der Waals surface area contributed by atoms with Gasteiger partial charge in [-0.1, -0.05) is 12.1 Å². The highest BCUT2D eigenvalue weighted by Crippen LogP contribution is 2.32. The number of carbonyl (C=O) groups excluding carboxylic acids is 1. The van der Waals surface area contributed by atoms with E-state index in [-0.39, 0.29) is 11.9 Å². The molecule has 2 atom stereocenters. The van der Waals surface area contributed by atoms with Gasteiger partial charge in [0, 0.05) is 0 Å². The van der Waals surface area contributed by atoms with Gasteiger partial charge in [-0.05, 0) is 36.0 Å². The Balaban J connectivity index is 2.02. The van der Waals surface area contributed by atoms with Gasteiger partial charge in [0.05, 0.1) is 20.1 Å². The Hall–Kier alpha value is -1.36. The first-order valence-electron chi connectivity index (χ1n) is 6.67. The maximum absolute atomic E-state index is 11.9. The molecule has 110 valence electrons. The van der Waals surface area contributed by atoms with E-state index < -0.39 is 0 Å². The third-order valence-corrected chi connectivity index (χ3v) is 4.71. The number of benzene rings is 1. The molecule has 1 aliphatic rings. The minimum Gasteiger partial charge on any atom is -0.493 e. The summed E-state index contributed by atoms with van der Waals surface area (Å²) in [5, 5.41) is 0. The number of thioether (sulfide) groups is 1. The summed E-state index contributed by atoms with van der Waals surface area (Å²) in [5.74, 6) is 3.38. The monoisotopic (exact) mass is 296 g/mol. The zero-order chi connectivity index (χ0) is 14.4.